The molecule has 1 amide bonds. The molecule has 2 N–H and O–H groups in total. The minimum absolute atomic E-state index is 0.0278. The molecule has 0 radical (unpaired) electrons. The van der Waals surface area contributed by atoms with Crippen LogP contribution in [-0.2, 0) is 0 Å². The average molecular weight is 262 g/mol. The first-order valence-corrected chi connectivity index (χ1v) is 6.80. The van der Waals surface area contributed by atoms with Gasteiger partial charge in [0.1, 0.15) is 5.82 Å². The van der Waals surface area contributed by atoms with Crippen LogP contribution in [0, 0.1) is 0 Å². The van der Waals surface area contributed by atoms with E-state index in [4.69, 9.17) is 0 Å². The molecular formula is C14H22N4O. The first kappa shape index (κ1) is 13.8. The number of hydrogen-bond donors (Lipinski definition) is 2. The van der Waals surface area contributed by atoms with E-state index in [1.807, 2.05) is 20.2 Å². The van der Waals surface area contributed by atoms with Crippen LogP contribution in [0.4, 0.5) is 5.82 Å². The molecule has 0 unspecified atom stereocenters. The zero-order valence-electron chi connectivity index (χ0n) is 11.6. The predicted molar refractivity (Wildman–Crippen MR) is 76.4 cm³/mol. The van der Waals surface area contributed by atoms with Gasteiger partial charge in [0.15, 0.2) is 0 Å². The number of aromatic nitrogens is 1. The summed E-state index contributed by atoms with van der Waals surface area (Å²) in [6.07, 6.45) is 5.03. The van der Waals surface area contributed by atoms with Gasteiger partial charge in [0.05, 0.1) is 0 Å². The zero-order chi connectivity index (χ0) is 13.7. The van der Waals surface area contributed by atoms with Crippen LogP contribution in [-0.4, -0.2) is 49.0 Å². The smallest absolute Gasteiger partial charge is 0.251 e. The third-order valence-electron chi connectivity index (χ3n) is 3.02. The Bertz CT molecular complexity index is 429. The highest BCUT2D eigenvalue weighted by molar-refractivity contribution is 5.94. The third kappa shape index (κ3) is 4.87. The summed E-state index contributed by atoms with van der Waals surface area (Å²) in [5.41, 5.74) is 0.669. The van der Waals surface area contributed by atoms with E-state index in [2.05, 4.69) is 20.5 Å². The molecule has 5 heteroatoms. The van der Waals surface area contributed by atoms with Crippen LogP contribution in [0.3, 0.4) is 0 Å². The summed E-state index contributed by atoms with van der Waals surface area (Å²) < 4.78 is 0. The molecule has 0 spiro atoms. The Hall–Kier alpha value is -1.62. The molecule has 1 aliphatic carbocycles. The van der Waals surface area contributed by atoms with Crippen molar-refractivity contribution in [2.75, 3.05) is 32.5 Å². The van der Waals surface area contributed by atoms with E-state index >= 15 is 0 Å². The van der Waals surface area contributed by atoms with Crippen molar-refractivity contribution in [2.45, 2.75) is 25.3 Å². The molecule has 19 heavy (non-hydrogen) atoms. The van der Waals surface area contributed by atoms with Crippen LogP contribution in [0.1, 0.15) is 29.6 Å². The Morgan fingerprint density at radius 1 is 1.47 bits per heavy atom. The van der Waals surface area contributed by atoms with Crippen molar-refractivity contribution < 1.29 is 4.79 Å². The van der Waals surface area contributed by atoms with Gasteiger partial charge in [-0.2, -0.15) is 0 Å². The molecular weight excluding hydrogens is 240 g/mol. The molecule has 1 fully saturated rings. The van der Waals surface area contributed by atoms with E-state index in [0.717, 1.165) is 18.8 Å². The van der Waals surface area contributed by atoms with Gasteiger partial charge in [-0.25, -0.2) is 4.98 Å². The lowest BCUT2D eigenvalue weighted by atomic mass is 10.2. The first-order valence-electron chi connectivity index (χ1n) is 6.80. The molecule has 0 bridgehead atoms. The fraction of sp³-hybridized carbons (Fsp3) is 0.571. The van der Waals surface area contributed by atoms with Crippen molar-refractivity contribution in [2.24, 2.45) is 0 Å². The molecule has 0 aliphatic heterocycles. The molecule has 1 aromatic rings. The molecule has 2 rings (SSSR count). The zero-order valence-corrected chi connectivity index (χ0v) is 11.6. The van der Waals surface area contributed by atoms with Gasteiger partial charge in [-0.3, -0.25) is 4.79 Å². The number of rotatable bonds is 7. The molecule has 1 aliphatic rings. The number of amides is 1. The number of pyridine rings is 1. The maximum absolute atomic E-state index is 12.0. The van der Waals surface area contributed by atoms with E-state index in [1.165, 1.54) is 12.8 Å². The molecule has 0 saturated heterocycles. The Balaban J connectivity index is 1.80. The van der Waals surface area contributed by atoms with Gasteiger partial charge < -0.3 is 15.5 Å². The number of carbonyl (C=O) groups is 1. The fourth-order valence-electron chi connectivity index (χ4n) is 1.79. The van der Waals surface area contributed by atoms with Crippen LogP contribution in [0.5, 0.6) is 0 Å². The van der Waals surface area contributed by atoms with Gasteiger partial charge in [0.2, 0.25) is 0 Å². The summed E-state index contributed by atoms with van der Waals surface area (Å²) in [4.78, 5) is 18.3. The second-order valence-electron chi connectivity index (χ2n) is 5.26. The average Bonchev–Trinajstić information content (AvgIpc) is 3.18. The van der Waals surface area contributed by atoms with E-state index in [1.54, 1.807) is 12.3 Å². The van der Waals surface area contributed by atoms with Crippen LogP contribution >= 0.6 is 0 Å². The topological polar surface area (TPSA) is 57.3 Å². The van der Waals surface area contributed by atoms with E-state index in [-0.39, 0.29) is 5.91 Å². The quantitative estimate of drug-likeness (QED) is 0.728. The van der Waals surface area contributed by atoms with Gasteiger partial charge in [-0.15, -0.1) is 0 Å². The maximum Gasteiger partial charge on any atom is 0.251 e. The monoisotopic (exact) mass is 262 g/mol. The number of carbonyl (C=O) groups excluding carboxylic acids is 1. The SMILES string of the molecule is CN(C)CCCNC(=O)c1ccnc(NC2CC2)c1. The van der Waals surface area contributed by atoms with Gasteiger partial charge in [0.25, 0.3) is 5.91 Å². The van der Waals surface area contributed by atoms with Crippen LogP contribution in [0.2, 0.25) is 0 Å². The van der Waals surface area contributed by atoms with E-state index < -0.39 is 0 Å². The largest absolute Gasteiger partial charge is 0.367 e. The van der Waals surface area contributed by atoms with Crippen molar-refractivity contribution >= 4 is 11.7 Å². The minimum Gasteiger partial charge on any atom is -0.367 e. The van der Waals surface area contributed by atoms with Crippen molar-refractivity contribution in [3.63, 3.8) is 0 Å². The number of hydrogen-bond acceptors (Lipinski definition) is 4. The van der Waals surface area contributed by atoms with Crippen LogP contribution in [0.25, 0.3) is 0 Å². The number of nitrogens with one attached hydrogen (secondary N) is 2. The molecule has 104 valence electrons. The highest BCUT2D eigenvalue weighted by Gasteiger charge is 2.21. The van der Waals surface area contributed by atoms with Gasteiger partial charge >= 0.3 is 0 Å². The molecule has 5 nitrogen and oxygen atoms in total. The second-order valence-corrected chi connectivity index (χ2v) is 5.26. The highest BCUT2D eigenvalue weighted by atomic mass is 16.1. The maximum atomic E-state index is 12.0. The molecule has 1 aromatic heterocycles. The highest BCUT2D eigenvalue weighted by Crippen LogP contribution is 2.23. The van der Waals surface area contributed by atoms with Gasteiger partial charge in [-0.1, -0.05) is 0 Å². The molecule has 1 saturated carbocycles. The Kier molecular flexibility index (Phi) is 4.74. The second kappa shape index (κ2) is 6.52. The van der Waals surface area contributed by atoms with Crippen molar-refractivity contribution in [1.82, 2.24) is 15.2 Å². The summed E-state index contributed by atoms with van der Waals surface area (Å²) in [5.74, 6) is 0.767. The molecule has 0 atom stereocenters. The molecule has 0 aromatic carbocycles. The summed E-state index contributed by atoms with van der Waals surface area (Å²) in [5, 5.41) is 6.22. The standard InChI is InChI=1S/C14H22N4O/c1-18(2)9-3-7-16-14(19)11-6-8-15-13(10-11)17-12-4-5-12/h6,8,10,12H,3-5,7,9H2,1-2H3,(H,15,17)(H,16,19). The molecule has 1 heterocycles. The first-order chi connectivity index (χ1) is 9.15. The lowest BCUT2D eigenvalue weighted by Gasteiger charge is -2.10. The summed E-state index contributed by atoms with van der Waals surface area (Å²) in [6, 6.07) is 4.12. The lowest BCUT2D eigenvalue weighted by molar-refractivity contribution is 0.0952. The normalized spacial score (nSPS) is 14.5. The van der Waals surface area contributed by atoms with Gasteiger partial charge in [0, 0.05) is 24.3 Å². The lowest BCUT2D eigenvalue weighted by Crippen LogP contribution is -2.27. The van der Waals surface area contributed by atoms with Crippen LogP contribution < -0.4 is 10.6 Å². The van der Waals surface area contributed by atoms with Crippen molar-refractivity contribution in [1.29, 1.82) is 0 Å². The Labute approximate surface area is 114 Å². The fourth-order valence-corrected chi connectivity index (χ4v) is 1.79. The minimum atomic E-state index is -0.0278. The summed E-state index contributed by atoms with van der Waals surface area (Å²) >= 11 is 0. The summed E-state index contributed by atoms with van der Waals surface area (Å²) in [7, 11) is 4.06. The van der Waals surface area contributed by atoms with Crippen molar-refractivity contribution in [3.05, 3.63) is 23.9 Å². The van der Waals surface area contributed by atoms with Crippen molar-refractivity contribution in [3.8, 4) is 0 Å². The Morgan fingerprint density at radius 3 is 2.95 bits per heavy atom. The van der Waals surface area contributed by atoms with Gasteiger partial charge in [-0.05, 0) is 52.0 Å². The van der Waals surface area contributed by atoms with Crippen LogP contribution in [0.15, 0.2) is 18.3 Å². The number of nitrogens with zero attached hydrogens (tertiary/aromatic N) is 2. The van der Waals surface area contributed by atoms with E-state index in [0.29, 0.717) is 18.2 Å². The Morgan fingerprint density at radius 2 is 2.26 bits per heavy atom. The third-order valence-corrected chi connectivity index (χ3v) is 3.02. The number of anilines is 1. The summed E-state index contributed by atoms with van der Waals surface area (Å²) in [6.45, 7) is 1.68. The predicted octanol–water partition coefficient (Wildman–Crippen LogP) is 1.34. The van der Waals surface area contributed by atoms with E-state index in [9.17, 15) is 4.79 Å².